The topological polar surface area (TPSA) is 52.5 Å². The van der Waals surface area contributed by atoms with Crippen molar-refractivity contribution in [1.29, 1.82) is 0 Å². The lowest BCUT2D eigenvalue weighted by atomic mass is 10.5. The van der Waals surface area contributed by atoms with Gasteiger partial charge in [-0.1, -0.05) is 0 Å². The molecule has 0 aliphatic heterocycles. The van der Waals surface area contributed by atoms with E-state index in [1.807, 2.05) is 0 Å². The first kappa shape index (κ1) is 7.31. The first-order valence-electron chi connectivity index (χ1n) is 2.00. The Balaban J connectivity index is 2.68. The van der Waals surface area contributed by atoms with Crippen LogP contribution in [0.25, 0.3) is 0 Å². The largest absolute Gasteiger partial charge is 0.659 e. The van der Waals surface area contributed by atoms with Crippen molar-refractivity contribution in [3.8, 4) is 0 Å². The highest BCUT2D eigenvalue weighted by molar-refractivity contribution is 7.23. The maximum atomic E-state index is 9.58. The molecule has 0 aliphatic carbocycles. The Morgan fingerprint density at radius 3 is 2.71 bits per heavy atom. The van der Waals surface area contributed by atoms with Gasteiger partial charge in [-0.3, -0.25) is 0 Å². The third kappa shape index (κ3) is 6.31. The van der Waals surface area contributed by atoms with Crippen LogP contribution in [0.3, 0.4) is 0 Å². The van der Waals surface area contributed by atoms with E-state index in [0.717, 1.165) is 0 Å². The van der Waals surface area contributed by atoms with E-state index in [4.69, 9.17) is 5.11 Å². The van der Waals surface area contributed by atoms with Gasteiger partial charge in [-0.15, -0.1) is 0 Å². The van der Waals surface area contributed by atoms with Crippen molar-refractivity contribution in [3.63, 3.8) is 0 Å². The number of hydrogen-bond donors (Lipinski definition) is 1. The number of hydrogen-bond acceptors (Lipinski definition) is 3. The molecule has 3 nitrogen and oxygen atoms in total. The lowest BCUT2D eigenvalue weighted by molar-refractivity contribution is -0.170. The lowest BCUT2D eigenvalue weighted by Crippen LogP contribution is -2.07. The number of aliphatic hydroxyl groups is 1. The highest BCUT2D eigenvalue weighted by Crippen LogP contribution is 1.97. The summed E-state index contributed by atoms with van der Waals surface area (Å²) < 4.78 is 4.37. The molecule has 4 heteroatoms. The summed E-state index contributed by atoms with van der Waals surface area (Å²) in [4.78, 5) is 9.58. The molecular formula is C3H9O3P. The van der Waals surface area contributed by atoms with Crippen molar-refractivity contribution >= 4 is 9.03 Å². The molecule has 0 heterocycles. The molecule has 0 radical (unpaired) electrons. The molecule has 44 valence electrons. The Hall–Kier alpha value is 0.310. The maximum absolute atomic E-state index is 9.58. The van der Waals surface area contributed by atoms with Crippen molar-refractivity contribution in [1.82, 2.24) is 0 Å². The fourth-order valence-electron chi connectivity index (χ4n) is 0.179. The fraction of sp³-hybridized carbons (Fsp3) is 1.00. The predicted octanol–water partition coefficient (Wildman–Crippen LogP) is -1.02. The molecule has 0 fully saturated rings. The molecule has 0 amide bonds. The van der Waals surface area contributed by atoms with E-state index in [2.05, 4.69) is 4.52 Å². The standard InChI is InChI=1S/C3H9O3P/c1-3(4)2-6-7-5/h3-4H,2,7H2,1H3. The van der Waals surface area contributed by atoms with Crippen molar-refractivity contribution in [2.24, 2.45) is 0 Å². The van der Waals surface area contributed by atoms with Crippen LogP contribution in [-0.2, 0) is 4.52 Å². The maximum Gasteiger partial charge on any atom is 0.115 e. The second-order valence-corrected chi connectivity index (χ2v) is 1.80. The molecular weight excluding hydrogens is 115 g/mol. The first-order valence-corrected chi connectivity index (χ1v) is 2.95. The Bertz CT molecular complexity index is 39.2. The van der Waals surface area contributed by atoms with E-state index in [1.165, 1.54) is 0 Å². The van der Waals surface area contributed by atoms with Gasteiger partial charge in [0.1, 0.15) is 6.61 Å². The number of rotatable bonds is 3. The van der Waals surface area contributed by atoms with Crippen LogP contribution in [0, 0.1) is 0 Å². The second-order valence-electron chi connectivity index (χ2n) is 1.28. The van der Waals surface area contributed by atoms with E-state index in [-0.39, 0.29) is 6.61 Å². The lowest BCUT2D eigenvalue weighted by Gasteiger charge is -1.99. The summed E-state index contributed by atoms with van der Waals surface area (Å²) in [6, 6.07) is 0. The van der Waals surface area contributed by atoms with Gasteiger partial charge in [0.2, 0.25) is 0 Å². The van der Waals surface area contributed by atoms with Gasteiger partial charge in [-0.2, -0.15) is 0 Å². The molecule has 0 saturated heterocycles. The van der Waals surface area contributed by atoms with Gasteiger partial charge in [0.05, 0.1) is 15.1 Å². The van der Waals surface area contributed by atoms with Gasteiger partial charge in [0.25, 0.3) is 0 Å². The van der Waals surface area contributed by atoms with Crippen LogP contribution in [0.2, 0.25) is 0 Å². The summed E-state index contributed by atoms with van der Waals surface area (Å²) >= 11 is 0. The van der Waals surface area contributed by atoms with Gasteiger partial charge in [0.15, 0.2) is 0 Å². The van der Waals surface area contributed by atoms with Crippen LogP contribution < -0.4 is 4.89 Å². The van der Waals surface area contributed by atoms with Crippen LogP contribution in [-0.4, -0.2) is 17.8 Å². The molecule has 0 aliphatic rings. The van der Waals surface area contributed by atoms with Gasteiger partial charge < -0.3 is 10.00 Å². The highest BCUT2D eigenvalue weighted by Gasteiger charge is 1.92. The third-order valence-corrected chi connectivity index (χ3v) is 0.734. The van der Waals surface area contributed by atoms with Gasteiger partial charge >= 0.3 is 0 Å². The van der Waals surface area contributed by atoms with Crippen LogP contribution in [0.4, 0.5) is 0 Å². The molecule has 0 aromatic carbocycles. The normalized spacial score (nSPS) is 15.9. The van der Waals surface area contributed by atoms with Crippen LogP contribution in [0.1, 0.15) is 6.92 Å². The van der Waals surface area contributed by atoms with Crippen molar-refractivity contribution in [3.05, 3.63) is 0 Å². The summed E-state index contributed by atoms with van der Waals surface area (Å²) in [5, 5.41) is 8.43. The molecule has 0 spiro atoms. The van der Waals surface area contributed by atoms with Crippen LogP contribution >= 0.6 is 9.03 Å². The molecule has 2 atom stereocenters. The minimum atomic E-state index is -1.15. The van der Waals surface area contributed by atoms with Gasteiger partial charge in [-0.25, -0.2) is 4.52 Å². The molecule has 0 aromatic rings. The zero-order chi connectivity index (χ0) is 5.70. The van der Waals surface area contributed by atoms with Crippen LogP contribution in [0.5, 0.6) is 0 Å². The monoisotopic (exact) mass is 124 g/mol. The molecule has 1 N–H and O–H groups in total. The molecule has 0 aromatic heterocycles. The van der Waals surface area contributed by atoms with Gasteiger partial charge in [-0.05, 0) is 6.92 Å². The van der Waals surface area contributed by atoms with Crippen molar-refractivity contribution < 1.29 is 14.5 Å². The van der Waals surface area contributed by atoms with E-state index in [9.17, 15) is 4.89 Å². The summed E-state index contributed by atoms with van der Waals surface area (Å²) in [6.07, 6.45) is -0.499. The van der Waals surface area contributed by atoms with Crippen LogP contribution in [0.15, 0.2) is 0 Å². The quantitative estimate of drug-likeness (QED) is 0.490. The first-order chi connectivity index (χ1) is 3.27. The smallest absolute Gasteiger partial charge is 0.115 e. The minimum Gasteiger partial charge on any atom is -0.659 e. The van der Waals surface area contributed by atoms with Crippen molar-refractivity contribution in [2.75, 3.05) is 6.61 Å². The average Bonchev–Trinajstić information content (AvgIpc) is 1.61. The Morgan fingerprint density at radius 1 is 2.00 bits per heavy atom. The Labute approximate surface area is 44.3 Å². The summed E-state index contributed by atoms with van der Waals surface area (Å²) in [5.74, 6) is 0. The third-order valence-electron chi connectivity index (χ3n) is 0.405. The molecule has 0 saturated carbocycles. The molecule has 7 heavy (non-hydrogen) atoms. The Kier molecular flexibility index (Phi) is 4.67. The summed E-state index contributed by atoms with van der Waals surface area (Å²) in [5.41, 5.74) is 0. The van der Waals surface area contributed by atoms with E-state index in [1.54, 1.807) is 6.92 Å². The molecule has 0 rings (SSSR count). The average molecular weight is 124 g/mol. The summed E-state index contributed by atoms with van der Waals surface area (Å²) in [7, 11) is -1.15. The molecule has 2 unspecified atom stereocenters. The minimum absolute atomic E-state index is 0.179. The van der Waals surface area contributed by atoms with E-state index < -0.39 is 15.1 Å². The molecule has 0 bridgehead atoms. The zero-order valence-corrected chi connectivity index (χ0v) is 5.28. The van der Waals surface area contributed by atoms with E-state index >= 15 is 0 Å². The van der Waals surface area contributed by atoms with E-state index in [0.29, 0.717) is 0 Å². The van der Waals surface area contributed by atoms with Crippen molar-refractivity contribution in [2.45, 2.75) is 13.0 Å². The second kappa shape index (κ2) is 4.47. The van der Waals surface area contributed by atoms with Gasteiger partial charge in [0, 0.05) is 0 Å². The number of aliphatic hydroxyl groups excluding tert-OH is 1. The predicted molar refractivity (Wildman–Crippen MR) is 27.3 cm³/mol. The fourth-order valence-corrected chi connectivity index (χ4v) is 0.536. The zero-order valence-electron chi connectivity index (χ0n) is 4.13. The SMILES string of the molecule is CC(O)CO[PH2+][O-]. The highest BCUT2D eigenvalue weighted by atomic mass is 31.1. The Morgan fingerprint density at radius 2 is 2.57 bits per heavy atom. The summed E-state index contributed by atoms with van der Waals surface area (Å²) in [6.45, 7) is 1.76.